The molecule has 2 atom stereocenters. The number of anilines is 1. The predicted molar refractivity (Wildman–Crippen MR) is 164 cm³/mol. The maximum absolute atomic E-state index is 14.2. The van der Waals surface area contributed by atoms with Gasteiger partial charge in [-0.25, -0.2) is 8.42 Å². The van der Waals surface area contributed by atoms with Crippen molar-refractivity contribution in [3.8, 4) is 11.5 Å². The van der Waals surface area contributed by atoms with E-state index in [-0.39, 0.29) is 29.1 Å². The number of amides is 2. The number of hydrogen-bond acceptors (Lipinski definition) is 6. The zero-order valence-electron chi connectivity index (χ0n) is 24.5. The summed E-state index contributed by atoms with van der Waals surface area (Å²) in [4.78, 5) is 29.0. The summed E-state index contributed by atoms with van der Waals surface area (Å²) in [6, 6.07) is 18.5. The van der Waals surface area contributed by atoms with Crippen LogP contribution in [0, 0.1) is 0 Å². The topological polar surface area (TPSA) is 105 Å². The summed E-state index contributed by atoms with van der Waals surface area (Å²) in [7, 11) is -1.31. The molecule has 0 aliphatic rings. The molecule has 3 rings (SSSR count). The van der Waals surface area contributed by atoms with Gasteiger partial charge < -0.3 is 19.7 Å². The van der Waals surface area contributed by atoms with E-state index in [0.717, 1.165) is 4.31 Å². The van der Waals surface area contributed by atoms with E-state index in [1.165, 1.54) is 37.3 Å². The third-order valence-corrected chi connectivity index (χ3v) is 9.11. The Morgan fingerprint density at radius 1 is 0.905 bits per heavy atom. The Morgan fingerprint density at radius 3 is 2.14 bits per heavy atom. The van der Waals surface area contributed by atoms with Crippen molar-refractivity contribution in [1.29, 1.82) is 0 Å². The van der Waals surface area contributed by atoms with Crippen LogP contribution in [0.4, 0.5) is 5.69 Å². The molecule has 42 heavy (non-hydrogen) atoms. The van der Waals surface area contributed by atoms with E-state index in [1.54, 1.807) is 61.5 Å². The Morgan fingerprint density at radius 2 is 1.55 bits per heavy atom. The average Bonchev–Trinajstić information content (AvgIpc) is 3.00. The van der Waals surface area contributed by atoms with Crippen LogP contribution >= 0.6 is 11.6 Å². The number of halogens is 1. The number of methoxy groups -OCH3 is 2. The molecule has 0 fully saturated rings. The normalized spacial score (nSPS) is 12.6. The standard InChI is InChI=1S/C31H38ClN3O6S/c1-6-22(3)33-31(37)27(7-2)34(20-23-13-11-12-16-26(23)32)30(36)21-35(42(38,39)25-14-9-8-10-15-25)24-17-18-28(40-4)29(19-24)41-5/h8-19,22,27H,6-7,20-21H2,1-5H3,(H,33,37)/t22-,27-/m0/s1. The SMILES string of the molecule is CC[C@H](C)NC(=O)[C@H](CC)N(Cc1ccccc1Cl)C(=O)CN(c1ccc(OC)c(OC)c1)S(=O)(=O)c1ccccc1. The molecule has 0 spiro atoms. The Bertz CT molecular complexity index is 1470. The molecule has 0 saturated heterocycles. The molecule has 0 aromatic heterocycles. The summed E-state index contributed by atoms with van der Waals surface area (Å²) >= 11 is 6.45. The molecular formula is C31H38ClN3O6S. The molecule has 1 N–H and O–H groups in total. The molecule has 3 aromatic rings. The number of nitrogens with one attached hydrogen (secondary N) is 1. The lowest BCUT2D eigenvalue weighted by Crippen LogP contribution is -2.53. The van der Waals surface area contributed by atoms with Gasteiger partial charge in [0.15, 0.2) is 11.5 Å². The molecular weight excluding hydrogens is 578 g/mol. The molecule has 0 unspecified atom stereocenters. The molecule has 2 amide bonds. The van der Waals surface area contributed by atoms with Crippen LogP contribution in [-0.4, -0.2) is 58.0 Å². The van der Waals surface area contributed by atoms with Crippen molar-refractivity contribution in [1.82, 2.24) is 10.2 Å². The van der Waals surface area contributed by atoms with E-state index in [1.807, 2.05) is 13.8 Å². The second kappa shape index (κ2) is 14.9. The summed E-state index contributed by atoms with van der Waals surface area (Å²) in [6.07, 6.45) is 1.02. The fraction of sp³-hybridized carbons (Fsp3) is 0.355. The minimum absolute atomic E-state index is 0.00629. The van der Waals surface area contributed by atoms with Crippen molar-refractivity contribution in [3.05, 3.63) is 83.4 Å². The monoisotopic (exact) mass is 615 g/mol. The van der Waals surface area contributed by atoms with Gasteiger partial charge in [-0.2, -0.15) is 0 Å². The van der Waals surface area contributed by atoms with Crippen molar-refractivity contribution in [2.75, 3.05) is 25.1 Å². The lowest BCUT2D eigenvalue weighted by atomic mass is 10.1. The molecule has 9 nitrogen and oxygen atoms in total. The van der Waals surface area contributed by atoms with Crippen molar-refractivity contribution in [2.45, 2.75) is 57.1 Å². The Hall–Kier alpha value is -3.76. The fourth-order valence-corrected chi connectivity index (χ4v) is 6.02. The van der Waals surface area contributed by atoms with Crippen LogP contribution in [-0.2, 0) is 26.2 Å². The summed E-state index contributed by atoms with van der Waals surface area (Å²) in [5, 5.41) is 3.39. The molecule has 226 valence electrons. The van der Waals surface area contributed by atoms with Crippen molar-refractivity contribution in [2.24, 2.45) is 0 Å². The zero-order valence-corrected chi connectivity index (χ0v) is 26.1. The van der Waals surface area contributed by atoms with E-state index in [4.69, 9.17) is 21.1 Å². The maximum Gasteiger partial charge on any atom is 0.264 e. The van der Waals surface area contributed by atoms with Crippen LogP contribution in [0.15, 0.2) is 77.7 Å². The molecule has 0 aliphatic carbocycles. The van der Waals surface area contributed by atoms with Gasteiger partial charge in [0.2, 0.25) is 11.8 Å². The molecule has 3 aromatic carbocycles. The molecule has 0 aliphatic heterocycles. The first kappa shape index (κ1) is 32.8. The number of nitrogens with zero attached hydrogens (tertiary/aromatic N) is 2. The Balaban J connectivity index is 2.11. The largest absolute Gasteiger partial charge is 0.493 e. The lowest BCUT2D eigenvalue weighted by Gasteiger charge is -2.34. The van der Waals surface area contributed by atoms with Crippen LogP contribution < -0.4 is 19.1 Å². The Labute approximate surface area is 253 Å². The fourth-order valence-electron chi connectivity index (χ4n) is 4.40. The van der Waals surface area contributed by atoms with Crippen LogP contribution in [0.2, 0.25) is 5.02 Å². The summed E-state index contributed by atoms with van der Waals surface area (Å²) < 4.78 is 39.8. The van der Waals surface area contributed by atoms with Gasteiger partial charge in [0.05, 0.1) is 24.8 Å². The third-order valence-electron chi connectivity index (χ3n) is 6.95. The first-order valence-electron chi connectivity index (χ1n) is 13.7. The van der Waals surface area contributed by atoms with E-state index in [2.05, 4.69) is 5.32 Å². The molecule has 0 bridgehead atoms. The van der Waals surface area contributed by atoms with E-state index in [9.17, 15) is 18.0 Å². The summed E-state index contributed by atoms with van der Waals surface area (Å²) in [5.41, 5.74) is 0.825. The number of hydrogen-bond donors (Lipinski definition) is 1. The highest BCUT2D eigenvalue weighted by Crippen LogP contribution is 2.34. The second-order valence-corrected chi connectivity index (χ2v) is 12.0. The van der Waals surface area contributed by atoms with Gasteiger partial charge in [-0.15, -0.1) is 0 Å². The third kappa shape index (κ3) is 7.74. The van der Waals surface area contributed by atoms with Crippen LogP contribution in [0.1, 0.15) is 39.2 Å². The molecule has 0 heterocycles. The molecule has 11 heteroatoms. The van der Waals surface area contributed by atoms with Gasteiger partial charge in [-0.3, -0.25) is 13.9 Å². The minimum atomic E-state index is -4.22. The number of rotatable bonds is 14. The van der Waals surface area contributed by atoms with Gasteiger partial charge >= 0.3 is 0 Å². The van der Waals surface area contributed by atoms with Gasteiger partial charge in [0.1, 0.15) is 12.6 Å². The minimum Gasteiger partial charge on any atom is -0.493 e. The smallest absolute Gasteiger partial charge is 0.264 e. The average molecular weight is 616 g/mol. The van der Waals surface area contributed by atoms with E-state index in [0.29, 0.717) is 34.9 Å². The van der Waals surface area contributed by atoms with Gasteiger partial charge in [0, 0.05) is 23.7 Å². The highest BCUT2D eigenvalue weighted by atomic mass is 35.5. The highest BCUT2D eigenvalue weighted by molar-refractivity contribution is 7.92. The first-order chi connectivity index (χ1) is 20.1. The number of carbonyl (C=O) groups is 2. The van der Waals surface area contributed by atoms with Crippen LogP contribution in [0.3, 0.4) is 0 Å². The number of ether oxygens (including phenoxy) is 2. The lowest BCUT2D eigenvalue weighted by molar-refractivity contribution is -0.140. The summed E-state index contributed by atoms with van der Waals surface area (Å²) in [6.45, 7) is 5.07. The van der Waals surface area contributed by atoms with E-state index >= 15 is 0 Å². The first-order valence-corrected chi connectivity index (χ1v) is 15.5. The predicted octanol–water partition coefficient (Wildman–Crippen LogP) is 5.27. The quantitative estimate of drug-likeness (QED) is 0.265. The highest BCUT2D eigenvalue weighted by Gasteiger charge is 2.34. The number of sulfonamides is 1. The number of carbonyl (C=O) groups excluding carboxylic acids is 2. The van der Waals surface area contributed by atoms with Crippen LogP contribution in [0.5, 0.6) is 11.5 Å². The van der Waals surface area contributed by atoms with Gasteiger partial charge in [0.25, 0.3) is 10.0 Å². The molecule has 0 saturated carbocycles. The number of benzene rings is 3. The van der Waals surface area contributed by atoms with Crippen molar-refractivity contribution < 1.29 is 27.5 Å². The van der Waals surface area contributed by atoms with Crippen molar-refractivity contribution >= 4 is 39.1 Å². The Kier molecular flexibility index (Phi) is 11.6. The molecule has 0 radical (unpaired) electrons. The second-order valence-electron chi connectivity index (χ2n) is 9.72. The van der Waals surface area contributed by atoms with Crippen molar-refractivity contribution in [3.63, 3.8) is 0 Å². The van der Waals surface area contributed by atoms with E-state index < -0.39 is 28.5 Å². The summed E-state index contributed by atoms with van der Waals surface area (Å²) in [5.74, 6) is -0.202. The maximum atomic E-state index is 14.2. The zero-order chi connectivity index (χ0) is 30.9. The van der Waals surface area contributed by atoms with Gasteiger partial charge in [-0.1, -0.05) is 61.8 Å². The van der Waals surface area contributed by atoms with Crippen LogP contribution in [0.25, 0.3) is 0 Å². The van der Waals surface area contributed by atoms with Gasteiger partial charge in [-0.05, 0) is 55.7 Å².